The lowest BCUT2D eigenvalue weighted by atomic mass is 9.82. The summed E-state index contributed by atoms with van der Waals surface area (Å²) in [6, 6.07) is 4.81. The van der Waals surface area contributed by atoms with Crippen molar-refractivity contribution in [2.75, 3.05) is 6.61 Å². The van der Waals surface area contributed by atoms with Crippen LogP contribution in [0.3, 0.4) is 0 Å². The molecule has 22 heavy (non-hydrogen) atoms. The molecule has 6 heteroatoms. The van der Waals surface area contributed by atoms with E-state index in [0.717, 1.165) is 10.9 Å². The third-order valence-electron chi connectivity index (χ3n) is 2.90. The van der Waals surface area contributed by atoms with Crippen LogP contribution in [0.5, 0.6) is 5.75 Å². The average molecular weight is 392 g/mol. The molecule has 0 amide bonds. The molecule has 0 aromatic heterocycles. The van der Waals surface area contributed by atoms with Gasteiger partial charge in [0.1, 0.15) is 5.75 Å². The average Bonchev–Trinajstić information content (AvgIpc) is 2.27. The summed E-state index contributed by atoms with van der Waals surface area (Å²) in [6.45, 7) is 12.4. The van der Waals surface area contributed by atoms with Crippen molar-refractivity contribution in [3.63, 3.8) is 0 Å². The van der Waals surface area contributed by atoms with Gasteiger partial charge in [-0.2, -0.15) is 0 Å². The predicted molar refractivity (Wildman–Crippen MR) is 93.8 cm³/mol. The fourth-order valence-corrected chi connectivity index (χ4v) is 4.49. The van der Waals surface area contributed by atoms with Gasteiger partial charge in [0, 0.05) is 11.6 Å². The van der Waals surface area contributed by atoms with E-state index < -0.39 is 15.6 Å². The lowest BCUT2D eigenvalue weighted by Crippen LogP contribution is -2.45. The van der Waals surface area contributed by atoms with E-state index in [1.165, 1.54) is 0 Å². The van der Waals surface area contributed by atoms with Gasteiger partial charge in [0.25, 0.3) is 0 Å². The zero-order valence-corrected chi connectivity index (χ0v) is 16.6. The van der Waals surface area contributed by atoms with E-state index in [9.17, 15) is 8.42 Å². The highest BCUT2D eigenvalue weighted by Gasteiger charge is 2.30. The van der Waals surface area contributed by atoms with E-state index in [-0.39, 0.29) is 10.3 Å². The Hall–Kier alpha value is -0.590. The topological polar surface area (TPSA) is 55.4 Å². The number of sulfonamides is 1. The van der Waals surface area contributed by atoms with Gasteiger partial charge in [-0.05, 0) is 60.7 Å². The first-order chi connectivity index (χ1) is 9.86. The van der Waals surface area contributed by atoms with Crippen LogP contribution in [-0.2, 0) is 10.0 Å². The van der Waals surface area contributed by atoms with Crippen LogP contribution < -0.4 is 9.46 Å². The second kappa shape index (κ2) is 6.89. The van der Waals surface area contributed by atoms with Gasteiger partial charge in [-0.25, -0.2) is 13.1 Å². The van der Waals surface area contributed by atoms with Gasteiger partial charge >= 0.3 is 0 Å². The number of rotatable bonds is 6. The van der Waals surface area contributed by atoms with Crippen LogP contribution in [0, 0.1) is 5.41 Å². The van der Waals surface area contributed by atoms with Crippen molar-refractivity contribution in [3.8, 4) is 5.75 Å². The van der Waals surface area contributed by atoms with Gasteiger partial charge in [-0.1, -0.05) is 20.8 Å². The molecule has 1 aromatic rings. The molecule has 0 aliphatic rings. The van der Waals surface area contributed by atoms with Gasteiger partial charge in [-0.3, -0.25) is 0 Å². The summed E-state index contributed by atoms with van der Waals surface area (Å²) in [5.74, 6) is 0.527. The highest BCUT2D eigenvalue weighted by molar-refractivity contribution is 9.10. The molecule has 0 unspecified atom stereocenters. The summed E-state index contributed by atoms with van der Waals surface area (Å²) in [7, 11) is -3.60. The summed E-state index contributed by atoms with van der Waals surface area (Å²) in [5.41, 5.74) is -0.502. The van der Waals surface area contributed by atoms with Crippen molar-refractivity contribution in [2.45, 2.75) is 58.4 Å². The van der Waals surface area contributed by atoms with Gasteiger partial charge in [0.2, 0.25) is 10.0 Å². The van der Waals surface area contributed by atoms with Crippen molar-refractivity contribution < 1.29 is 13.2 Å². The minimum atomic E-state index is -3.60. The van der Waals surface area contributed by atoms with Crippen molar-refractivity contribution in [1.82, 2.24) is 4.72 Å². The third-order valence-corrected chi connectivity index (χ3v) is 5.25. The lowest BCUT2D eigenvalue weighted by Gasteiger charge is -2.33. The molecule has 0 radical (unpaired) electrons. The molecule has 0 spiro atoms. The highest BCUT2D eigenvalue weighted by Crippen LogP contribution is 2.31. The van der Waals surface area contributed by atoms with Crippen LogP contribution in [-0.4, -0.2) is 20.6 Å². The normalized spacial score (nSPS) is 13.2. The Bertz CT molecular complexity index is 619. The van der Waals surface area contributed by atoms with E-state index in [2.05, 4.69) is 41.4 Å². The molecule has 1 rings (SSSR count). The van der Waals surface area contributed by atoms with Crippen molar-refractivity contribution in [3.05, 3.63) is 22.7 Å². The van der Waals surface area contributed by atoms with Crippen LogP contribution in [0.15, 0.2) is 27.6 Å². The molecule has 126 valence electrons. The first-order valence-corrected chi connectivity index (χ1v) is 9.60. The minimum Gasteiger partial charge on any atom is -0.493 e. The Kier molecular flexibility index (Phi) is 6.09. The molecule has 0 fully saturated rings. The molecule has 0 saturated carbocycles. The number of halogens is 1. The maximum absolute atomic E-state index is 12.6. The van der Waals surface area contributed by atoms with E-state index >= 15 is 0 Å². The first kappa shape index (κ1) is 19.5. The second-order valence-corrected chi connectivity index (χ2v) is 9.79. The van der Waals surface area contributed by atoms with Crippen LogP contribution in [0.1, 0.15) is 48.0 Å². The van der Waals surface area contributed by atoms with Crippen LogP contribution in [0.4, 0.5) is 0 Å². The molecule has 0 saturated heterocycles. The van der Waals surface area contributed by atoms with Crippen molar-refractivity contribution >= 4 is 26.0 Å². The molecule has 0 atom stereocenters. The first-order valence-electron chi connectivity index (χ1n) is 7.33. The molecule has 0 aliphatic heterocycles. The van der Waals surface area contributed by atoms with Gasteiger partial charge in [-0.15, -0.1) is 0 Å². The number of benzene rings is 1. The smallest absolute Gasteiger partial charge is 0.241 e. The zero-order chi connectivity index (χ0) is 17.2. The molecule has 1 aromatic carbocycles. The second-order valence-electron chi connectivity index (χ2n) is 7.25. The fourth-order valence-electron chi connectivity index (χ4n) is 2.70. The van der Waals surface area contributed by atoms with E-state index in [1.807, 2.05) is 20.8 Å². The predicted octanol–water partition coefficient (Wildman–Crippen LogP) is 4.34. The van der Waals surface area contributed by atoms with Crippen LogP contribution in [0.25, 0.3) is 0 Å². The Balaban J connectivity index is 3.07. The van der Waals surface area contributed by atoms with Crippen LogP contribution in [0.2, 0.25) is 0 Å². The maximum Gasteiger partial charge on any atom is 0.241 e. The Morgan fingerprint density at radius 3 is 2.27 bits per heavy atom. The monoisotopic (exact) mass is 391 g/mol. The molecular weight excluding hydrogens is 366 g/mol. The molecule has 0 heterocycles. The molecule has 0 bridgehead atoms. The van der Waals surface area contributed by atoms with E-state index in [1.54, 1.807) is 18.2 Å². The SMILES string of the molecule is CCOc1cc(S(=O)(=O)NC(C)(C)CC(C)(C)C)ccc1Br. The summed E-state index contributed by atoms with van der Waals surface area (Å²) >= 11 is 3.36. The van der Waals surface area contributed by atoms with Gasteiger partial charge in [0.05, 0.1) is 16.0 Å². The molecule has 0 aliphatic carbocycles. The van der Waals surface area contributed by atoms with Gasteiger partial charge < -0.3 is 4.74 Å². The highest BCUT2D eigenvalue weighted by atomic mass is 79.9. The summed E-state index contributed by atoms with van der Waals surface area (Å²) in [4.78, 5) is 0.209. The van der Waals surface area contributed by atoms with Crippen molar-refractivity contribution in [1.29, 1.82) is 0 Å². The lowest BCUT2D eigenvalue weighted by molar-refractivity contribution is 0.269. The minimum absolute atomic E-state index is 0.0300. The Morgan fingerprint density at radius 1 is 1.18 bits per heavy atom. The molecular formula is C16H26BrNO3S. The van der Waals surface area contributed by atoms with Crippen molar-refractivity contribution in [2.24, 2.45) is 5.41 Å². The molecule has 1 N–H and O–H groups in total. The van der Waals surface area contributed by atoms with E-state index in [4.69, 9.17) is 4.74 Å². The van der Waals surface area contributed by atoms with Crippen LogP contribution >= 0.6 is 15.9 Å². The summed E-state index contributed by atoms with van der Waals surface area (Å²) < 4.78 is 34.2. The third kappa shape index (κ3) is 5.89. The number of nitrogens with one attached hydrogen (secondary N) is 1. The van der Waals surface area contributed by atoms with E-state index in [0.29, 0.717) is 12.4 Å². The number of ether oxygens (including phenoxy) is 1. The van der Waals surface area contributed by atoms with Gasteiger partial charge in [0.15, 0.2) is 0 Å². The Labute approximate surface area is 142 Å². The summed E-state index contributed by atoms with van der Waals surface area (Å²) in [6.07, 6.45) is 0.730. The number of hydrogen-bond acceptors (Lipinski definition) is 3. The Morgan fingerprint density at radius 2 is 1.77 bits per heavy atom. The molecule has 4 nitrogen and oxygen atoms in total. The zero-order valence-electron chi connectivity index (χ0n) is 14.2. The quantitative estimate of drug-likeness (QED) is 0.784. The standard InChI is InChI=1S/C16H26BrNO3S/c1-7-21-14-10-12(8-9-13(14)17)22(19,20)18-16(5,6)11-15(2,3)4/h8-10,18H,7,11H2,1-6H3. The number of hydrogen-bond donors (Lipinski definition) is 1. The maximum atomic E-state index is 12.6. The largest absolute Gasteiger partial charge is 0.493 e. The fraction of sp³-hybridized carbons (Fsp3) is 0.625. The summed E-state index contributed by atoms with van der Waals surface area (Å²) in [5, 5.41) is 0.